The van der Waals surface area contributed by atoms with E-state index in [0.29, 0.717) is 10.6 Å². The molecule has 0 saturated carbocycles. The standard InChI is InChI=1S/C10H7ClN4O2/c11-7-3-1-6(2-4-7)9-8(15(16)17)5-13-10(12)14-9/h1-5H,(H2,12,13,14). The number of nitrogen functional groups attached to an aromatic ring is 1. The Balaban J connectivity index is 2.60. The van der Waals surface area contributed by atoms with E-state index in [4.69, 9.17) is 17.3 Å². The molecule has 1 aromatic carbocycles. The molecule has 1 heterocycles. The average Bonchev–Trinajstić information content (AvgIpc) is 2.29. The summed E-state index contributed by atoms with van der Waals surface area (Å²) in [5, 5.41) is 11.4. The Labute approximate surface area is 101 Å². The lowest BCUT2D eigenvalue weighted by Gasteiger charge is -2.02. The van der Waals surface area contributed by atoms with Crippen LogP contribution in [0, 0.1) is 10.1 Å². The van der Waals surface area contributed by atoms with Crippen LogP contribution < -0.4 is 5.73 Å². The molecular weight excluding hydrogens is 244 g/mol. The first kappa shape index (κ1) is 11.3. The molecule has 0 fully saturated rings. The van der Waals surface area contributed by atoms with E-state index >= 15 is 0 Å². The van der Waals surface area contributed by atoms with Crippen molar-refractivity contribution in [3.63, 3.8) is 0 Å². The van der Waals surface area contributed by atoms with Crippen molar-refractivity contribution in [2.45, 2.75) is 0 Å². The molecule has 7 heteroatoms. The second-order valence-electron chi connectivity index (χ2n) is 3.23. The summed E-state index contributed by atoms with van der Waals surface area (Å²) in [4.78, 5) is 17.8. The quantitative estimate of drug-likeness (QED) is 0.652. The maximum Gasteiger partial charge on any atom is 0.313 e. The largest absolute Gasteiger partial charge is 0.368 e. The fourth-order valence-corrected chi connectivity index (χ4v) is 1.47. The van der Waals surface area contributed by atoms with Gasteiger partial charge in [0.15, 0.2) is 5.69 Å². The predicted molar refractivity (Wildman–Crippen MR) is 63.5 cm³/mol. The van der Waals surface area contributed by atoms with E-state index in [9.17, 15) is 10.1 Å². The molecule has 6 nitrogen and oxygen atoms in total. The molecule has 0 saturated heterocycles. The number of benzene rings is 1. The second-order valence-corrected chi connectivity index (χ2v) is 3.66. The maximum atomic E-state index is 10.8. The highest BCUT2D eigenvalue weighted by molar-refractivity contribution is 6.30. The molecule has 0 aliphatic heterocycles. The predicted octanol–water partition coefficient (Wildman–Crippen LogP) is 2.29. The number of anilines is 1. The Morgan fingerprint density at radius 3 is 2.53 bits per heavy atom. The highest BCUT2D eigenvalue weighted by atomic mass is 35.5. The molecular formula is C10H7ClN4O2. The van der Waals surface area contributed by atoms with Crippen LogP contribution in [-0.2, 0) is 0 Å². The van der Waals surface area contributed by atoms with Gasteiger partial charge in [-0.25, -0.2) is 9.97 Å². The van der Waals surface area contributed by atoms with Crippen molar-refractivity contribution in [3.8, 4) is 11.3 Å². The number of hydrogen-bond donors (Lipinski definition) is 1. The van der Waals surface area contributed by atoms with Gasteiger partial charge in [-0.3, -0.25) is 10.1 Å². The number of nitro groups is 1. The Kier molecular flexibility index (Phi) is 2.88. The van der Waals surface area contributed by atoms with Crippen LogP contribution in [0.4, 0.5) is 11.6 Å². The summed E-state index contributed by atoms with van der Waals surface area (Å²) >= 11 is 5.74. The van der Waals surface area contributed by atoms with Gasteiger partial charge in [-0.1, -0.05) is 23.7 Å². The molecule has 0 unspecified atom stereocenters. The van der Waals surface area contributed by atoms with E-state index in [1.54, 1.807) is 24.3 Å². The zero-order chi connectivity index (χ0) is 12.4. The van der Waals surface area contributed by atoms with Crippen molar-refractivity contribution in [2.75, 3.05) is 5.73 Å². The zero-order valence-corrected chi connectivity index (χ0v) is 9.26. The van der Waals surface area contributed by atoms with E-state index < -0.39 is 4.92 Å². The van der Waals surface area contributed by atoms with Gasteiger partial charge < -0.3 is 5.73 Å². The SMILES string of the molecule is Nc1ncc([N+](=O)[O-])c(-c2ccc(Cl)cc2)n1. The normalized spacial score (nSPS) is 10.2. The number of hydrogen-bond acceptors (Lipinski definition) is 5. The molecule has 0 radical (unpaired) electrons. The smallest absolute Gasteiger partial charge is 0.313 e. The molecule has 0 aliphatic rings. The van der Waals surface area contributed by atoms with Crippen LogP contribution in [0.5, 0.6) is 0 Å². The summed E-state index contributed by atoms with van der Waals surface area (Å²) in [6, 6.07) is 6.52. The molecule has 1 aromatic heterocycles. The molecule has 2 aromatic rings. The lowest BCUT2D eigenvalue weighted by Crippen LogP contribution is -2.00. The van der Waals surface area contributed by atoms with Crippen molar-refractivity contribution in [2.24, 2.45) is 0 Å². The molecule has 0 aliphatic carbocycles. The van der Waals surface area contributed by atoms with Crippen molar-refractivity contribution in [1.29, 1.82) is 0 Å². The van der Waals surface area contributed by atoms with Gasteiger partial charge in [-0.15, -0.1) is 0 Å². The van der Waals surface area contributed by atoms with Crippen LogP contribution >= 0.6 is 11.6 Å². The molecule has 0 amide bonds. The topological polar surface area (TPSA) is 94.9 Å². The number of aromatic nitrogens is 2. The number of halogens is 1. The van der Waals surface area contributed by atoms with Crippen LogP contribution in [0.1, 0.15) is 0 Å². The van der Waals surface area contributed by atoms with Crippen LogP contribution in [0.2, 0.25) is 5.02 Å². The Hall–Kier alpha value is -2.21. The fraction of sp³-hybridized carbons (Fsp3) is 0. The first-order valence-corrected chi connectivity index (χ1v) is 4.98. The summed E-state index contributed by atoms with van der Waals surface area (Å²) in [7, 11) is 0. The van der Waals surface area contributed by atoms with E-state index in [1.165, 1.54) is 0 Å². The molecule has 86 valence electrons. The molecule has 17 heavy (non-hydrogen) atoms. The van der Waals surface area contributed by atoms with Crippen LogP contribution in [0.25, 0.3) is 11.3 Å². The minimum Gasteiger partial charge on any atom is -0.368 e. The van der Waals surface area contributed by atoms with Crippen molar-refractivity contribution >= 4 is 23.2 Å². The monoisotopic (exact) mass is 250 g/mol. The lowest BCUT2D eigenvalue weighted by atomic mass is 10.1. The fourth-order valence-electron chi connectivity index (χ4n) is 1.34. The zero-order valence-electron chi connectivity index (χ0n) is 8.50. The van der Waals surface area contributed by atoms with Gasteiger partial charge in [0.25, 0.3) is 0 Å². The van der Waals surface area contributed by atoms with E-state index in [0.717, 1.165) is 6.20 Å². The van der Waals surface area contributed by atoms with Gasteiger partial charge >= 0.3 is 5.69 Å². The highest BCUT2D eigenvalue weighted by Gasteiger charge is 2.17. The maximum absolute atomic E-state index is 10.8. The first-order valence-electron chi connectivity index (χ1n) is 4.61. The summed E-state index contributed by atoms with van der Waals surface area (Å²) in [5.74, 6) is -0.0134. The lowest BCUT2D eigenvalue weighted by molar-refractivity contribution is -0.384. The summed E-state index contributed by atoms with van der Waals surface area (Å²) in [5.41, 5.74) is 5.98. The second kappa shape index (κ2) is 4.34. The minimum absolute atomic E-state index is 0.0134. The third kappa shape index (κ3) is 2.31. The third-order valence-electron chi connectivity index (χ3n) is 2.10. The highest BCUT2D eigenvalue weighted by Crippen LogP contribution is 2.28. The number of nitrogens with zero attached hydrogens (tertiary/aromatic N) is 3. The molecule has 2 rings (SSSR count). The van der Waals surface area contributed by atoms with Gasteiger partial charge in [0.05, 0.1) is 4.92 Å². The summed E-state index contributed by atoms with van der Waals surface area (Å²) < 4.78 is 0. The van der Waals surface area contributed by atoms with Gasteiger partial charge in [0.2, 0.25) is 5.95 Å². The Morgan fingerprint density at radius 1 is 1.29 bits per heavy atom. The number of nitrogens with two attached hydrogens (primary N) is 1. The molecule has 0 spiro atoms. The summed E-state index contributed by atoms with van der Waals surface area (Å²) in [6.45, 7) is 0. The van der Waals surface area contributed by atoms with Gasteiger partial charge in [-0.2, -0.15) is 0 Å². The van der Waals surface area contributed by atoms with E-state index in [1.807, 2.05) is 0 Å². The van der Waals surface area contributed by atoms with Gasteiger partial charge in [0, 0.05) is 10.6 Å². The van der Waals surface area contributed by atoms with Crippen LogP contribution in [0.3, 0.4) is 0 Å². The Bertz CT molecular complexity index is 571. The third-order valence-corrected chi connectivity index (χ3v) is 2.35. The minimum atomic E-state index is -0.552. The van der Waals surface area contributed by atoms with Crippen molar-refractivity contribution in [1.82, 2.24) is 9.97 Å². The van der Waals surface area contributed by atoms with Crippen molar-refractivity contribution < 1.29 is 4.92 Å². The van der Waals surface area contributed by atoms with Gasteiger partial charge in [-0.05, 0) is 12.1 Å². The summed E-state index contributed by atoms with van der Waals surface area (Å²) in [6.07, 6.45) is 1.09. The van der Waals surface area contributed by atoms with E-state index in [-0.39, 0.29) is 17.3 Å². The van der Waals surface area contributed by atoms with Gasteiger partial charge in [0.1, 0.15) is 6.20 Å². The van der Waals surface area contributed by atoms with Crippen LogP contribution in [0.15, 0.2) is 30.5 Å². The number of rotatable bonds is 2. The molecule has 0 bridgehead atoms. The van der Waals surface area contributed by atoms with E-state index in [2.05, 4.69) is 9.97 Å². The first-order chi connectivity index (χ1) is 8.08. The average molecular weight is 251 g/mol. The van der Waals surface area contributed by atoms with Crippen molar-refractivity contribution in [3.05, 3.63) is 45.6 Å². The van der Waals surface area contributed by atoms with Crippen LogP contribution in [-0.4, -0.2) is 14.9 Å². The molecule has 0 atom stereocenters. The Morgan fingerprint density at radius 2 is 1.94 bits per heavy atom. The molecule has 2 N–H and O–H groups in total.